The Kier molecular flexibility index (Phi) is 4.52. The second-order valence-corrected chi connectivity index (χ2v) is 9.03. The number of aromatic nitrogens is 2. The van der Waals surface area contributed by atoms with Crippen LogP contribution in [0.2, 0.25) is 0 Å². The van der Waals surface area contributed by atoms with Crippen LogP contribution in [0.5, 0.6) is 0 Å². The van der Waals surface area contributed by atoms with Crippen LogP contribution in [0.4, 0.5) is 0 Å². The molecule has 136 valence electrons. The minimum Gasteiger partial charge on any atom is -0.335 e. The third kappa shape index (κ3) is 3.37. The molecule has 1 aromatic rings. The van der Waals surface area contributed by atoms with E-state index in [1.165, 1.54) is 6.92 Å². The number of sulfone groups is 1. The van der Waals surface area contributed by atoms with Crippen LogP contribution in [-0.2, 0) is 14.6 Å². The van der Waals surface area contributed by atoms with Gasteiger partial charge in [-0.05, 0) is 6.07 Å². The highest BCUT2D eigenvalue weighted by atomic mass is 32.2. The monoisotopic (exact) mass is 366 g/mol. The van der Waals surface area contributed by atoms with Crippen LogP contribution in [0.15, 0.2) is 12.3 Å². The van der Waals surface area contributed by atoms with Crippen LogP contribution in [0.1, 0.15) is 43.0 Å². The molecule has 0 spiro atoms. The molecular formula is C16H22N4O4S. The number of hydrogen-bond acceptors (Lipinski definition) is 6. The Morgan fingerprint density at radius 1 is 1.16 bits per heavy atom. The molecule has 9 heteroatoms. The van der Waals surface area contributed by atoms with E-state index >= 15 is 0 Å². The molecule has 2 aliphatic heterocycles. The molecule has 2 fully saturated rings. The van der Waals surface area contributed by atoms with E-state index in [9.17, 15) is 18.0 Å². The number of amides is 2. The maximum atomic E-state index is 12.9. The van der Waals surface area contributed by atoms with Gasteiger partial charge in [-0.1, -0.05) is 13.8 Å². The first kappa shape index (κ1) is 17.8. The van der Waals surface area contributed by atoms with Crippen molar-refractivity contribution >= 4 is 21.7 Å². The summed E-state index contributed by atoms with van der Waals surface area (Å²) in [6.45, 7) is 5.94. The van der Waals surface area contributed by atoms with Crippen LogP contribution in [0, 0.1) is 0 Å². The number of fused-ring (bicyclic) bond motifs is 1. The third-order valence-electron chi connectivity index (χ3n) is 4.75. The summed E-state index contributed by atoms with van der Waals surface area (Å²) in [6.07, 6.45) is 1.55. The maximum absolute atomic E-state index is 12.9. The van der Waals surface area contributed by atoms with E-state index in [1.807, 2.05) is 13.8 Å². The molecule has 0 saturated carbocycles. The van der Waals surface area contributed by atoms with Crippen molar-refractivity contribution in [1.82, 2.24) is 19.8 Å². The topological polar surface area (TPSA) is 101 Å². The van der Waals surface area contributed by atoms with Gasteiger partial charge in [0.15, 0.2) is 9.84 Å². The summed E-state index contributed by atoms with van der Waals surface area (Å²) in [7, 11) is -3.29. The highest BCUT2D eigenvalue weighted by Gasteiger charge is 2.49. The van der Waals surface area contributed by atoms with E-state index in [4.69, 9.17) is 0 Å². The number of carbonyl (C=O) groups is 2. The zero-order valence-electron chi connectivity index (χ0n) is 14.5. The highest BCUT2D eigenvalue weighted by Crippen LogP contribution is 2.28. The summed E-state index contributed by atoms with van der Waals surface area (Å²) in [6, 6.07) is 0.545. The molecule has 0 unspecified atom stereocenters. The summed E-state index contributed by atoms with van der Waals surface area (Å²) in [4.78, 5) is 36.4. The number of piperazine rings is 1. The molecular weight excluding hydrogens is 344 g/mol. The molecule has 2 atom stereocenters. The lowest BCUT2D eigenvalue weighted by atomic mass is 10.0. The van der Waals surface area contributed by atoms with Crippen LogP contribution in [0.25, 0.3) is 0 Å². The van der Waals surface area contributed by atoms with Gasteiger partial charge in [0, 0.05) is 32.1 Å². The molecule has 1 aromatic heterocycles. The number of carbonyl (C=O) groups excluding carboxylic acids is 2. The van der Waals surface area contributed by atoms with Crippen LogP contribution >= 0.6 is 0 Å². The Morgan fingerprint density at radius 3 is 2.36 bits per heavy atom. The quantitative estimate of drug-likeness (QED) is 0.734. The molecule has 3 heterocycles. The highest BCUT2D eigenvalue weighted by molar-refractivity contribution is 7.91. The van der Waals surface area contributed by atoms with Gasteiger partial charge in [0.05, 0.1) is 23.6 Å². The van der Waals surface area contributed by atoms with Crippen molar-refractivity contribution in [3.63, 3.8) is 0 Å². The van der Waals surface area contributed by atoms with Gasteiger partial charge < -0.3 is 9.80 Å². The standard InChI is InChI=1S/C16H22N4O4S/c1-10(2)15-17-5-4-12(18-15)16(22)20-7-6-19(11(3)21)13-8-25(23,24)9-14(13)20/h4-5,10,13-14H,6-9H2,1-3H3/t13-,14+/m0/s1. The molecule has 0 aromatic carbocycles. The van der Waals surface area contributed by atoms with E-state index in [-0.39, 0.29) is 34.9 Å². The number of nitrogens with zero attached hydrogens (tertiary/aromatic N) is 4. The van der Waals surface area contributed by atoms with Crippen LogP contribution < -0.4 is 0 Å². The first-order valence-electron chi connectivity index (χ1n) is 8.31. The van der Waals surface area contributed by atoms with Gasteiger partial charge in [0.2, 0.25) is 5.91 Å². The fourth-order valence-corrected chi connectivity index (χ4v) is 5.50. The van der Waals surface area contributed by atoms with Crippen LogP contribution in [0.3, 0.4) is 0 Å². The molecule has 0 radical (unpaired) electrons. The van der Waals surface area contributed by atoms with Crippen molar-refractivity contribution in [2.75, 3.05) is 24.6 Å². The Hall–Kier alpha value is -2.03. The largest absolute Gasteiger partial charge is 0.335 e. The third-order valence-corrected chi connectivity index (χ3v) is 6.45. The lowest BCUT2D eigenvalue weighted by Crippen LogP contribution is -2.61. The number of hydrogen-bond donors (Lipinski definition) is 0. The molecule has 2 aliphatic rings. The van der Waals surface area contributed by atoms with Gasteiger partial charge >= 0.3 is 0 Å². The Balaban J connectivity index is 1.91. The normalized spacial score (nSPS) is 25.1. The Labute approximate surface area is 147 Å². The Bertz CT molecular complexity index is 808. The first-order valence-corrected chi connectivity index (χ1v) is 10.1. The molecule has 8 nitrogen and oxygen atoms in total. The predicted octanol–water partition coefficient (Wildman–Crippen LogP) is 0.0699. The van der Waals surface area contributed by atoms with E-state index in [0.29, 0.717) is 18.9 Å². The predicted molar refractivity (Wildman–Crippen MR) is 90.8 cm³/mol. The van der Waals surface area contributed by atoms with Gasteiger partial charge in [0.25, 0.3) is 5.91 Å². The van der Waals surface area contributed by atoms with E-state index in [0.717, 1.165) is 0 Å². The van der Waals surface area contributed by atoms with Crippen molar-refractivity contribution < 1.29 is 18.0 Å². The summed E-state index contributed by atoms with van der Waals surface area (Å²) in [5.74, 6) is -0.0224. The summed E-state index contributed by atoms with van der Waals surface area (Å²) >= 11 is 0. The summed E-state index contributed by atoms with van der Waals surface area (Å²) in [5.41, 5.74) is 0.262. The molecule has 2 saturated heterocycles. The second kappa shape index (κ2) is 6.36. The SMILES string of the molecule is CC(=O)N1CCN(C(=O)c2ccnc(C(C)C)n2)[C@@H]2CS(=O)(=O)C[C@@H]21. The van der Waals surface area contributed by atoms with E-state index < -0.39 is 21.9 Å². The maximum Gasteiger partial charge on any atom is 0.273 e. The average molecular weight is 366 g/mol. The molecule has 2 amide bonds. The molecule has 25 heavy (non-hydrogen) atoms. The number of rotatable bonds is 2. The van der Waals surface area contributed by atoms with Crippen molar-refractivity contribution in [2.24, 2.45) is 0 Å². The molecule has 0 N–H and O–H groups in total. The smallest absolute Gasteiger partial charge is 0.273 e. The van der Waals surface area contributed by atoms with Crippen molar-refractivity contribution in [3.05, 3.63) is 23.8 Å². The van der Waals surface area contributed by atoms with Crippen molar-refractivity contribution in [1.29, 1.82) is 0 Å². The zero-order chi connectivity index (χ0) is 18.4. The fraction of sp³-hybridized carbons (Fsp3) is 0.625. The van der Waals surface area contributed by atoms with Gasteiger partial charge in [-0.25, -0.2) is 18.4 Å². The zero-order valence-corrected chi connectivity index (χ0v) is 15.4. The summed E-state index contributed by atoms with van der Waals surface area (Å²) < 4.78 is 24.2. The van der Waals surface area contributed by atoms with Gasteiger partial charge in [-0.3, -0.25) is 9.59 Å². The van der Waals surface area contributed by atoms with Crippen molar-refractivity contribution in [2.45, 2.75) is 38.8 Å². The minimum atomic E-state index is -3.29. The molecule has 0 bridgehead atoms. The summed E-state index contributed by atoms with van der Waals surface area (Å²) in [5, 5.41) is 0. The minimum absolute atomic E-state index is 0.0851. The average Bonchev–Trinajstić information content (AvgIpc) is 2.87. The van der Waals surface area contributed by atoms with Gasteiger partial charge in [-0.15, -0.1) is 0 Å². The molecule has 3 rings (SSSR count). The molecule has 0 aliphatic carbocycles. The van der Waals surface area contributed by atoms with Gasteiger partial charge in [0.1, 0.15) is 11.5 Å². The van der Waals surface area contributed by atoms with E-state index in [1.54, 1.807) is 22.1 Å². The fourth-order valence-electron chi connectivity index (χ4n) is 3.51. The van der Waals surface area contributed by atoms with Crippen LogP contribution in [-0.4, -0.2) is 76.7 Å². The lowest BCUT2D eigenvalue weighted by Gasteiger charge is -2.43. The Morgan fingerprint density at radius 2 is 1.76 bits per heavy atom. The van der Waals surface area contributed by atoms with Crippen molar-refractivity contribution in [3.8, 4) is 0 Å². The first-order chi connectivity index (χ1) is 11.7. The lowest BCUT2D eigenvalue weighted by molar-refractivity contribution is -0.133. The van der Waals surface area contributed by atoms with E-state index in [2.05, 4.69) is 9.97 Å². The van der Waals surface area contributed by atoms with Gasteiger partial charge in [-0.2, -0.15) is 0 Å². The second-order valence-electron chi connectivity index (χ2n) is 6.88.